The summed E-state index contributed by atoms with van der Waals surface area (Å²) in [4.78, 5) is 27.9. The van der Waals surface area contributed by atoms with Gasteiger partial charge in [0.05, 0.1) is 24.8 Å². The number of halogens is 1. The van der Waals surface area contributed by atoms with Gasteiger partial charge in [0.25, 0.3) is 5.91 Å². The Morgan fingerprint density at radius 2 is 1.54 bits per heavy atom. The van der Waals surface area contributed by atoms with Crippen molar-refractivity contribution in [1.82, 2.24) is 10.0 Å². The molecule has 0 bridgehead atoms. The number of fused-ring (bicyclic) bond motifs is 3. The number of rotatable bonds is 3. The molecule has 0 radical (unpaired) electrons. The first-order valence-electron chi connectivity index (χ1n) is 9.40. The molecule has 2 aromatic rings. The molecule has 2 aromatic carbocycles. The van der Waals surface area contributed by atoms with E-state index in [-0.39, 0.29) is 23.7 Å². The first-order valence-corrected chi connectivity index (χ1v) is 9.40. The van der Waals surface area contributed by atoms with Gasteiger partial charge in [-0.15, -0.1) is 0 Å². The molecule has 3 fully saturated rings. The van der Waals surface area contributed by atoms with Crippen LogP contribution in [0.5, 0.6) is 5.75 Å². The molecule has 0 saturated carbocycles. The highest BCUT2D eigenvalue weighted by atomic mass is 19.1. The standard InChI is InChI=1S/C21H20FN3O3/c1-28-16-9-7-15(8-10-16)25-20(26)17-18(13-3-5-14(22)6-4-13)23-11-2-12-24(23)19(17)21(25)27/h3-10,17-19H,2,11-12H2,1H3/t17-,18-,19+/m0/s1. The number of hydrogen-bond donors (Lipinski definition) is 0. The van der Waals surface area contributed by atoms with Gasteiger partial charge in [-0.2, -0.15) is 0 Å². The van der Waals surface area contributed by atoms with Gasteiger partial charge >= 0.3 is 0 Å². The Labute approximate surface area is 162 Å². The SMILES string of the molecule is COc1ccc(N2C(=O)[C@@H]3[C@H](C2=O)N2CCCN2[C@H]3c2ccc(F)cc2)cc1. The van der Waals surface area contributed by atoms with Crippen molar-refractivity contribution in [3.8, 4) is 5.75 Å². The summed E-state index contributed by atoms with van der Waals surface area (Å²) in [7, 11) is 1.57. The highest BCUT2D eigenvalue weighted by molar-refractivity contribution is 6.24. The van der Waals surface area contributed by atoms with E-state index in [1.165, 1.54) is 17.0 Å². The van der Waals surface area contributed by atoms with Crippen LogP contribution in [0.25, 0.3) is 0 Å². The molecule has 3 atom stereocenters. The third kappa shape index (κ3) is 2.40. The number of methoxy groups -OCH3 is 1. The smallest absolute Gasteiger partial charge is 0.253 e. The summed E-state index contributed by atoms with van der Waals surface area (Å²) < 4.78 is 18.6. The number of benzene rings is 2. The summed E-state index contributed by atoms with van der Waals surface area (Å²) >= 11 is 0. The number of ether oxygens (including phenoxy) is 1. The fourth-order valence-corrected chi connectivity index (χ4v) is 4.76. The van der Waals surface area contributed by atoms with Gasteiger partial charge in [0, 0.05) is 13.1 Å². The minimum absolute atomic E-state index is 0.198. The lowest BCUT2D eigenvalue weighted by atomic mass is 9.90. The molecule has 3 saturated heterocycles. The Kier molecular flexibility index (Phi) is 3.96. The van der Waals surface area contributed by atoms with E-state index in [0.717, 1.165) is 25.1 Å². The Hall–Kier alpha value is -2.77. The molecule has 6 nitrogen and oxygen atoms in total. The van der Waals surface area contributed by atoms with Crippen molar-refractivity contribution in [2.24, 2.45) is 5.92 Å². The van der Waals surface area contributed by atoms with Crippen LogP contribution in [0.3, 0.4) is 0 Å². The van der Waals surface area contributed by atoms with Crippen molar-refractivity contribution in [2.75, 3.05) is 25.1 Å². The van der Waals surface area contributed by atoms with Gasteiger partial charge < -0.3 is 4.74 Å². The normalized spacial score (nSPS) is 27.4. The number of carbonyl (C=O) groups excluding carboxylic acids is 2. The predicted molar refractivity (Wildman–Crippen MR) is 99.9 cm³/mol. The predicted octanol–water partition coefficient (Wildman–Crippen LogP) is 2.37. The third-order valence-electron chi connectivity index (χ3n) is 5.95. The molecule has 3 heterocycles. The summed E-state index contributed by atoms with van der Waals surface area (Å²) in [6.45, 7) is 1.53. The van der Waals surface area contributed by atoms with Crippen molar-refractivity contribution in [1.29, 1.82) is 0 Å². The third-order valence-corrected chi connectivity index (χ3v) is 5.95. The van der Waals surface area contributed by atoms with Crippen LogP contribution in [0, 0.1) is 11.7 Å². The van der Waals surface area contributed by atoms with Crippen LogP contribution in [0.2, 0.25) is 0 Å². The van der Waals surface area contributed by atoms with E-state index in [0.29, 0.717) is 11.4 Å². The van der Waals surface area contributed by atoms with Gasteiger partial charge in [0.15, 0.2) is 0 Å². The van der Waals surface area contributed by atoms with Gasteiger partial charge in [-0.05, 0) is 48.4 Å². The maximum atomic E-state index is 13.4. The zero-order valence-corrected chi connectivity index (χ0v) is 15.4. The van der Waals surface area contributed by atoms with Crippen LogP contribution in [0.4, 0.5) is 10.1 Å². The molecule has 0 spiro atoms. The summed E-state index contributed by atoms with van der Waals surface area (Å²) in [5.74, 6) is -0.552. The Morgan fingerprint density at radius 3 is 2.18 bits per heavy atom. The zero-order chi connectivity index (χ0) is 19.4. The van der Waals surface area contributed by atoms with Gasteiger partial charge in [0.2, 0.25) is 5.91 Å². The second kappa shape index (κ2) is 6.39. The van der Waals surface area contributed by atoms with E-state index in [1.807, 2.05) is 5.01 Å². The summed E-state index contributed by atoms with van der Waals surface area (Å²) in [5, 5.41) is 4.15. The lowest BCUT2D eigenvalue weighted by Crippen LogP contribution is -2.44. The number of amides is 2. The molecule has 0 N–H and O–H groups in total. The van der Waals surface area contributed by atoms with E-state index in [4.69, 9.17) is 4.74 Å². The molecule has 5 rings (SSSR count). The highest BCUT2D eigenvalue weighted by Crippen LogP contribution is 2.48. The average Bonchev–Trinajstić information content (AvgIpc) is 3.35. The van der Waals surface area contributed by atoms with Crippen molar-refractivity contribution in [3.63, 3.8) is 0 Å². The molecule has 0 aliphatic carbocycles. The van der Waals surface area contributed by atoms with Gasteiger partial charge in [-0.25, -0.2) is 19.3 Å². The van der Waals surface area contributed by atoms with Crippen LogP contribution < -0.4 is 9.64 Å². The first-order chi connectivity index (χ1) is 13.6. The van der Waals surface area contributed by atoms with E-state index >= 15 is 0 Å². The van der Waals surface area contributed by atoms with Crippen molar-refractivity contribution in [2.45, 2.75) is 18.5 Å². The van der Waals surface area contributed by atoms with E-state index < -0.39 is 12.0 Å². The fraction of sp³-hybridized carbons (Fsp3) is 0.333. The van der Waals surface area contributed by atoms with E-state index in [2.05, 4.69) is 5.01 Å². The molecular weight excluding hydrogens is 361 g/mol. The zero-order valence-electron chi connectivity index (χ0n) is 15.4. The monoisotopic (exact) mass is 381 g/mol. The number of anilines is 1. The summed E-state index contributed by atoms with van der Waals surface area (Å²) in [6.07, 6.45) is 0.935. The van der Waals surface area contributed by atoms with Crippen LogP contribution in [0.1, 0.15) is 18.0 Å². The van der Waals surface area contributed by atoms with Crippen molar-refractivity contribution < 1.29 is 18.7 Å². The Bertz CT molecular complexity index is 931. The fourth-order valence-electron chi connectivity index (χ4n) is 4.76. The maximum absolute atomic E-state index is 13.4. The molecule has 0 unspecified atom stereocenters. The van der Waals surface area contributed by atoms with Crippen LogP contribution in [-0.4, -0.2) is 48.1 Å². The molecule has 3 aliphatic rings. The molecule has 3 aliphatic heterocycles. The lowest BCUT2D eigenvalue weighted by Gasteiger charge is -2.29. The van der Waals surface area contributed by atoms with E-state index in [9.17, 15) is 14.0 Å². The molecule has 7 heteroatoms. The second-order valence-corrected chi connectivity index (χ2v) is 7.36. The van der Waals surface area contributed by atoms with Gasteiger partial charge in [0.1, 0.15) is 17.6 Å². The molecule has 2 amide bonds. The maximum Gasteiger partial charge on any atom is 0.253 e. The molecule has 28 heavy (non-hydrogen) atoms. The van der Waals surface area contributed by atoms with Gasteiger partial charge in [-0.1, -0.05) is 12.1 Å². The van der Waals surface area contributed by atoms with Gasteiger partial charge in [-0.3, -0.25) is 9.59 Å². The number of carbonyl (C=O) groups is 2. The van der Waals surface area contributed by atoms with Crippen molar-refractivity contribution in [3.05, 3.63) is 59.9 Å². The van der Waals surface area contributed by atoms with Crippen LogP contribution >= 0.6 is 0 Å². The van der Waals surface area contributed by atoms with Crippen LogP contribution in [0.15, 0.2) is 48.5 Å². The lowest BCUT2D eigenvalue weighted by molar-refractivity contribution is -0.126. The highest BCUT2D eigenvalue weighted by Gasteiger charge is 2.62. The Morgan fingerprint density at radius 1 is 0.893 bits per heavy atom. The number of hydrogen-bond acceptors (Lipinski definition) is 5. The van der Waals surface area contributed by atoms with Crippen LogP contribution in [-0.2, 0) is 9.59 Å². The van der Waals surface area contributed by atoms with E-state index in [1.54, 1.807) is 43.5 Å². The average molecular weight is 381 g/mol. The summed E-state index contributed by atoms with van der Waals surface area (Å²) in [5.41, 5.74) is 1.41. The molecule has 144 valence electrons. The van der Waals surface area contributed by atoms with Crippen molar-refractivity contribution >= 4 is 17.5 Å². The minimum Gasteiger partial charge on any atom is -0.497 e. The number of imide groups is 1. The first kappa shape index (κ1) is 17.3. The number of hydrazine groups is 1. The number of nitrogens with zero attached hydrogens (tertiary/aromatic N) is 3. The topological polar surface area (TPSA) is 53.1 Å². The molecular formula is C21H20FN3O3. The quantitative estimate of drug-likeness (QED) is 0.764. The summed E-state index contributed by atoms with van der Waals surface area (Å²) in [6, 6.07) is 12.4. The largest absolute Gasteiger partial charge is 0.497 e. The minimum atomic E-state index is -0.507. The molecule has 0 aromatic heterocycles. The Balaban J connectivity index is 1.55. The second-order valence-electron chi connectivity index (χ2n) is 7.36.